The summed E-state index contributed by atoms with van der Waals surface area (Å²) in [6.07, 6.45) is 1.19. The number of hydrogen-bond donors (Lipinski definition) is 2. The molecule has 0 amide bonds. The van der Waals surface area contributed by atoms with Gasteiger partial charge in [-0.25, -0.2) is 9.78 Å². The van der Waals surface area contributed by atoms with Crippen LogP contribution in [0.4, 0.5) is 0 Å². The number of hydrogen-bond acceptors (Lipinski definition) is 4. The van der Waals surface area contributed by atoms with Crippen LogP contribution >= 0.6 is 0 Å². The van der Waals surface area contributed by atoms with E-state index >= 15 is 0 Å². The van der Waals surface area contributed by atoms with E-state index in [1.165, 1.54) is 12.3 Å². The SMILES string of the molecule is O=C(O)c1nc(-c2ccccc2O)co1. The Morgan fingerprint density at radius 1 is 1.33 bits per heavy atom. The molecule has 0 saturated heterocycles. The third-order valence-corrected chi connectivity index (χ3v) is 1.87. The summed E-state index contributed by atoms with van der Waals surface area (Å²) in [7, 11) is 0. The molecule has 0 aliphatic heterocycles. The first kappa shape index (κ1) is 9.26. The van der Waals surface area contributed by atoms with Gasteiger partial charge >= 0.3 is 11.9 Å². The summed E-state index contributed by atoms with van der Waals surface area (Å²) >= 11 is 0. The molecule has 0 fully saturated rings. The lowest BCUT2D eigenvalue weighted by Crippen LogP contribution is -1.95. The third-order valence-electron chi connectivity index (χ3n) is 1.87. The van der Waals surface area contributed by atoms with Gasteiger partial charge < -0.3 is 14.6 Å². The molecule has 0 spiro atoms. The van der Waals surface area contributed by atoms with Gasteiger partial charge in [-0.15, -0.1) is 0 Å². The Balaban J connectivity index is 2.46. The molecule has 0 aliphatic rings. The summed E-state index contributed by atoms with van der Waals surface area (Å²) in [6.45, 7) is 0. The van der Waals surface area contributed by atoms with Crippen LogP contribution < -0.4 is 0 Å². The molecule has 1 aromatic heterocycles. The first-order chi connectivity index (χ1) is 7.18. The van der Waals surface area contributed by atoms with E-state index in [4.69, 9.17) is 9.52 Å². The van der Waals surface area contributed by atoms with Gasteiger partial charge in [-0.2, -0.15) is 0 Å². The lowest BCUT2D eigenvalue weighted by atomic mass is 10.1. The van der Waals surface area contributed by atoms with Crippen molar-refractivity contribution in [1.82, 2.24) is 4.98 Å². The van der Waals surface area contributed by atoms with Gasteiger partial charge in [-0.05, 0) is 12.1 Å². The number of carboxylic acids is 1. The lowest BCUT2D eigenvalue weighted by Gasteiger charge is -1.97. The molecule has 2 aromatic rings. The number of carbonyl (C=O) groups is 1. The third kappa shape index (κ3) is 1.67. The monoisotopic (exact) mass is 205 g/mol. The Bertz CT molecular complexity index is 504. The van der Waals surface area contributed by atoms with Crippen LogP contribution in [-0.4, -0.2) is 21.2 Å². The Kier molecular flexibility index (Phi) is 2.13. The first-order valence-electron chi connectivity index (χ1n) is 4.15. The number of aromatic carboxylic acids is 1. The number of aromatic nitrogens is 1. The number of carboxylic acid groups (broad SMARTS) is 1. The number of nitrogens with zero attached hydrogens (tertiary/aromatic N) is 1. The number of rotatable bonds is 2. The van der Waals surface area contributed by atoms with Crippen molar-refractivity contribution in [1.29, 1.82) is 0 Å². The smallest absolute Gasteiger partial charge is 0.392 e. The summed E-state index contributed by atoms with van der Waals surface area (Å²) in [6, 6.07) is 6.49. The number of aromatic hydroxyl groups is 1. The largest absolute Gasteiger partial charge is 0.507 e. The Hall–Kier alpha value is -2.30. The van der Waals surface area contributed by atoms with Crippen molar-refractivity contribution in [3.05, 3.63) is 36.4 Å². The number of benzene rings is 1. The minimum atomic E-state index is -1.24. The standard InChI is InChI=1S/C10H7NO4/c12-8-4-2-1-3-6(8)7-5-15-9(11-7)10(13)14/h1-5,12H,(H,13,14). The zero-order valence-corrected chi connectivity index (χ0v) is 7.54. The normalized spacial score (nSPS) is 10.1. The average molecular weight is 205 g/mol. The van der Waals surface area contributed by atoms with Crippen LogP contribution in [0.2, 0.25) is 0 Å². The van der Waals surface area contributed by atoms with E-state index in [0.29, 0.717) is 11.3 Å². The van der Waals surface area contributed by atoms with Crippen LogP contribution in [0, 0.1) is 0 Å². The molecule has 5 heteroatoms. The molecule has 2 rings (SSSR count). The van der Waals surface area contributed by atoms with Crippen molar-refractivity contribution in [2.24, 2.45) is 0 Å². The highest BCUT2D eigenvalue weighted by molar-refractivity contribution is 5.83. The molecule has 5 nitrogen and oxygen atoms in total. The van der Waals surface area contributed by atoms with Crippen LogP contribution in [0.5, 0.6) is 5.75 Å². The molecular weight excluding hydrogens is 198 g/mol. The van der Waals surface area contributed by atoms with Crippen molar-refractivity contribution in [3.63, 3.8) is 0 Å². The summed E-state index contributed by atoms with van der Waals surface area (Å²) in [5.74, 6) is -1.60. The highest BCUT2D eigenvalue weighted by atomic mass is 16.4. The fraction of sp³-hybridized carbons (Fsp3) is 0. The molecule has 0 atom stereocenters. The molecule has 15 heavy (non-hydrogen) atoms. The summed E-state index contributed by atoms with van der Waals surface area (Å²) in [5.41, 5.74) is 0.735. The molecule has 76 valence electrons. The minimum absolute atomic E-state index is 0.0303. The van der Waals surface area contributed by atoms with Crippen molar-refractivity contribution in [3.8, 4) is 17.0 Å². The van der Waals surface area contributed by atoms with Gasteiger partial charge in [0.15, 0.2) is 0 Å². The predicted octanol–water partition coefficient (Wildman–Crippen LogP) is 1.75. The predicted molar refractivity (Wildman–Crippen MR) is 50.6 cm³/mol. The summed E-state index contributed by atoms with van der Waals surface area (Å²) < 4.78 is 4.71. The highest BCUT2D eigenvalue weighted by Gasteiger charge is 2.13. The van der Waals surface area contributed by atoms with Gasteiger partial charge in [-0.3, -0.25) is 0 Å². The van der Waals surface area contributed by atoms with E-state index in [9.17, 15) is 9.90 Å². The number of oxazole rings is 1. The Morgan fingerprint density at radius 3 is 2.67 bits per heavy atom. The molecule has 0 bridgehead atoms. The molecule has 0 aliphatic carbocycles. The van der Waals surface area contributed by atoms with Crippen LogP contribution in [0.1, 0.15) is 10.7 Å². The maximum atomic E-state index is 10.5. The van der Waals surface area contributed by atoms with Crippen LogP contribution in [0.15, 0.2) is 34.9 Å². The van der Waals surface area contributed by atoms with E-state index in [-0.39, 0.29) is 5.75 Å². The van der Waals surface area contributed by atoms with Gasteiger partial charge in [0.05, 0.1) is 0 Å². The Morgan fingerprint density at radius 2 is 2.07 bits per heavy atom. The van der Waals surface area contributed by atoms with Gasteiger partial charge in [-0.1, -0.05) is 12.1 Å². The number of para-hydroxylation sites is 1. The molecule has 1 heterocycles. The van der Waals surface area contributed by atoms with E-state index < -0.39 is 11.9 Å². The summed E-state index contributed by atoms with van der Waals surface area (Å²) in [5, 5.41) is 18.1. The van der Waals surface area contributed by atoms with Crippen LogP contribution in [0.25, 0.3) is 11.3 Å². The quantitative estimate of drug-likeness (QED) is 0.780. The van der Waals surface area contributed by atoms with E-state index in [1.807, 2.05) is 0 Å². The van der Waals surface area contributed by atoms with Gasteiger partial charge in [0, 0.05) is 5.56 Å². The topological polar surface area (TPSA) is 83.6 Å². The summed E-state index contributed by atoms with van der Waals surface area (Å²) in [4.78, 5) is 14.2. The van der Waals surface area contributed by atoms with E-state index in [1.54, 1.807) is 18.2 Å². The van der Waals surface area contributed by atoms with E-state index in [0.717, 1.165) is 0 Å². The number of phenolic OH excluding ortho intramolecular Hbond substituents is 1. The van der Waals surface area contributed by atoms with Gasteiger partial charge in [0.2, 0.25) is 0 Å². The molecule has 0 saturated carbocycles. The lowest BCUT2D eigenvalue weighted by molar-refractivity contribution is 0.0653. The maximum Gasteiger partial charge on any atom is 0.392 e. The van der Waals surface area contributed by atoms with Crippen LogP contribution in [-0.2, 0) is 0 Å². The van der Waals surface area contributed by atoms with Crippen molar-refractivity contribution in [2.45, 2.75) is 0 Å². The molecule has 1 aromatic carbocycles. The average Bonchev–Trinajstić information content (AvgIpc) is 2.67. The van der Waals surface area contributed by atoms with Gasteiger partial charge in [0.25, 0.3) is 0 Å². The zero-order valence-electron chi connectivity index (χ0n) is 7.54. The second kappa shape index (κ2) is 3.45. The van der Waals surface area contributed by atoms with Crippen LogP contribution in [0.3, 0.4) is 0 Å². The van der Waals surface area contributed by atoms with Gasteiger partial charge in [0.1, 0.15) is 17.7 Å². The second-order valence-electron chi connectivity index (χ2n) is 2.86. The second-order valence-corrected chi connectivity index (χ2v) is 2.86. The molecular formula is C10H7NO4. The highest BCUT2D eigenvalue weighted by Crippen LogP contribution is 2.27. The van der Waals surface area contributed by atoms with Crippen molar-refractivity contribution in [2.75, 3.05) is 0 Å². The first-order valence-corrected chi connectivity index (χ1v) is 4.15. The fourth-order valence-electron chi connectivity index (χ4n) is 1.19. The molecule has 0 unspecified atom stereocenters. The fourth-order valence-corrected chi connectivity index (χ4v) is 1.19. The zero-order chi connectivity index (χ0) is 10.8. The minimum Gasteiger partial charge on any atom is -0.507 e. The van der Waals surface area contributed by atoms with E-state index in [2.05, 4.69) is 4.98 Å². The van der Waals surface area contributed by atoms with Crippen molar-refractivity contribution >= 4 is 5.97 Å². The molecule has 2 N–H and O–H groups in total. The Labute approximate surface area is 84.6 Å². The van der Waals surface area contributed by atoms with Crippen molar-refractivity contribution < 1.29 is 19.4 Å². The number of phenols is 1. The maximum absolute atomic E-state index is 10.5. The molecule has 0 radical (unpaired) electrons.